The Hall–Kier alpha value is -0.590. The number of nitrogens with one attached hydrogen (secondary N) is 1. The number of aryl methyl sites for hydroxylation is 1. The van der Waals surface area contributed by atoms with Crippen LogP contribution >= 0.6 is 11.8 Å². The van der Waals surface area contributed by atoms with E-state index in [4.69, 9.17) is 0 Å². The van der Waals surface area contributed by atoms with Gasteiger partial charge in [-0.2, -0.15) is 0 Å². The number of aromatic nitrogens is 1. The lowest BCUT2D eigenvalue weighted by Gasteiger charge is -2.09. The zero-order chi connectivity index (χ0) is 15.2. The van der Waals surface area contributed by atoms with Crippen molar-refractivity contribution >= 4 is 21.6 Å². The van der Waals surface area contributed by atoms with E-state index in [0.717, 1.165) is 29.2 Å². The van der Waals surface area contributed by atoms with E-state index < -0.39 is 9.84 Å². The lowest BCUT2D eigenvalue weighted by Crippen LogP contribution is -2.19. The molecule has 0 aliphatic carbocycles. The minimum atomic E-state index is -2.89. The molecular formula is C14H24N2O2S2. The van der Waals surface area contributed by atoms with Gasteiger partial charge in [0.1, 0.15) is 9.84 Å². The molecule has 0 radical (unpaired) electrons. The van der Waals surface area contributed by atoms with E-state index >= 15 is 0 Å². The van der Waals surface area contributed by atoms with E-state index in [2.05, 4.69) is 30.2 Å². The molecule has 6 heteroatoms. The Morgan fingerprint density at radius 2 is 2.10 bits per heavy atom. The summed E-state index contributed by atoms with van der Waals surface area (Å²) in [6.07, 6.45) is 3.13. The average molecular weight is 316 g/mol. The first-order valence-corrected chi connectivity index (χ1v) is 9.79. The molecule has 0 atom stereocenters. The number of thioether (sulfide) groups is 1. The molecule has 0 bridgehead atoms. The van der Waals surface area contributed by atoms with Crippen molar-refractivity contribution in [3.63, 3.8) is 0 Å². The van der Waals surface area contributed by atoms with Crippen molar-refractivity contribution < 1.29 is 8.42 Å². The molecule has 1 N–H and O–H groups in total. The Morgan fingerprint density at radius 1 is 1.40 bits per heavy atom. The van der Waals surface area contributed by atoms with Gasteiger partial charge in [0.25, 0.3) is 0 Å². The third-order valence-corrected chi connectivity index (χ3v) is 4.97. The first kappa shape index (κ1) is 17.5. The number of pyridine rings is 1. The minimum Gasteiger partial charge on any atom is -0.312 e. The first-order valence-electron chi connectivity index (χ1n) is 6.74. The van der Waals surface area contributed by atoms with Gasteiger partial charge in [0.15, 0.2) is 0 Å². The van der Waals surface area contributed by atoms with Crippen molar-refractivity contribution in [2.75, 3.05) is 24.3 Å². The van der Waals surface area contributed by atoms with Crippen LogP contribution in [0.2, 0.25) is 0 Å². The Bertz CT molecular complexity index is 528. The largest absolute Gasteiger partial charge is 0.312 e. The van der Waals surface area contributed by atoms with E-state index in [0.29, 0.717) is 11.7 Å². The highest BCUT2D eigenvalue weighted by molar-refractivity contribution is 8.00. The smallest absolute Gasteiger partial charge is 0.148 e. The van der Waals surface area contributed by atoms with Crippen LogP contribution in [0.4, 0.5) is 0 Å². The molecule has 0 saturated carbocycles. The summed E-state index contributed by atoms with van der Waals surface area (Å²) in [4.78, 5) is 4.42. The molecule has 0 amide bonds. The van der Waals surface area contributed by atoms with Crippen molar-refractivity contribution in [3.05, 3.63) is 23.4 Å². The number of hydrogen-bond acceptors (Lipinski definition) is 5. The second-order valence-electron chi connectivity index (χ2n) is 5.47. The maximum absolute atomic E-state index is 11.1. The van der Waals surface area contributed by atoms with Crippen molar-refractivity contribution in [2.45, 2.75) is 32.3 Å². The molecule has 0 saturated heterocycles. The molecule has 0 aliphatic heterocycles. The SMILES string of the molecule is Cc1cc(CNCC(C)C)cnc1SCCS(C)(=O)=O. The van der Waals surface area contributed by atoms with Crippen LogP contribution in [0.15, 0.2) is 17.3 Å². The number of nitrogens with zero attached hydrogens (tertiary/aromatic N) is 1. The molecule has 1 heterocycles. The van der Waals surface area contributed by atoms with Gasteiger partial charge in [-0.25, -0.2) is 13.4 Å². The van der Waals surface area contributed by atoms with Crippen LogP contribution in [-0.4, -0.2) is 37.7 Å². The van der Waals surface area contributed by atoms with E-state index in [1.54, 1.807) is 0 Å². The topological polar surface area (TPSA) is 59.1 Å². The average Bonchev–Trinajstić information content (AvgIpc) is 2.30. The van der Waals surface area contributed by atoms with Crippen LogP contribution in [-0.2, 0) is 16.4 Å². The standard InChI is InChI=1S/C14H24N2O2S2/c1-11(2)8-15-9-13-7-12(3)14(16-10-13)19-5-6-20(4,17)18/h7,10-11,15H,5-6,8-9H2,1-4H3. The molecule has 1 aromatic heterocycles. The maximum atomic E-state index is 11.1. The quantitative estimate of drug-likeness (QED) is 0.746. The monoisotopic (exact) mass is 316 g/mol. The number of sulfone groups is 1. The molecule has 1 rings (SSSR count). The van der Waals surface area contributed by atoms with Gasteiger partial charge >= 0.3 is 0 Å². The minimum absolute atomic E-state index is 0.191. The zero-order valence-electron chi connectivity index (χ0n) is 12.6. The predicted octanol–water partition coefficient (Wildman–Crippen LogP) is 2.27. The highest BCUT2D eigenvalue weighted by Crippen LogP contribution is 2.20. The highest BCUT2D eigenvalue weighted by atomic mass is 32.2. The van der Waals surface area contributed by atoms with Gasteiger partial charge in [-0.15, -0.1) is 11.8 Å². The molecule has 0 unspecified atom stereocenters. The lowest BCUT2D eigenvalue weighted by molar-refractivity contribution is 0.551. The number of hydrogen-bond donors (Lipinski definition) is 1. The predicted molar refractivity (Wildman–Crippen MR) is 86.0 cm³/mol. The molecule has 0 fully saturated rings. The van der Waals surface area contributed by atoms with Crippen molar-refractivity contribution in [1.29, 1.82) is 0 Å². The molecule has 114 valence electrons. The van der Waals surface area contributed by atoms with E-state index in [1.807, 2.05) is 13.1 Å². The van der Waals surface area contributed by atoms with Gasteiger partial charge in [0.2, 0.25) is 0 Å². The summed E-state index contributed by atoms with van der Waals surface area (Å²) in [5, 5.41) is 4.30. The van der Waals surface area contributed by atoms with Gasteiger partial charge in [-0.05, 0) is 30.5 Å². The van der Waals surface area contributed by atoms with Crippen LogP contribution in [0.1, 0.15) is 25.0 Å². The molecule has 0 aromatic carbocycles. The van der Waals surface area contributed by atoms with Crippen LogP contribution in [0.5, 0.6) is 0 Å². The Morgan fingerprint density at radius 3 is 2.65 bits per heavy atom. The molecule has 1 aromatic rings. The summed E-state index contributed by atoms with van der Waals surface area (Å²) in [7, 11) is -2.89. The molecule has 0 aliphatic rings. The fraction of sp³-hybridized carbons (Fsp3) is 0.643. The van der Waals surface area contributed by atoms with Crippen molar-refractivity contribution in [3.8, 4) is 0 Å². The van der Waals surface area contributed by atoms with Crippen LogP contribution in [0, 0.1) is 12.8 Å². The number of rotatable bonds is 8. The van der Waals surface area contributed by atoms with Crippen LogP contribution in [0.25, 0.3) is 0 Å². The van der Waals surface area contributed by atoms with Crippen molar-refractivity contribution in [1.82, 2.24) is 10.3 Å². The molecular weight excluding hydrogens is 292 g/mol. The first-order chi connectivity index (χ1) is 9.28. The summed E-state index contributed by atoms with van der Waals surface area (Å²) >= 11 is 1.50. The maximum Gasteiger partial charge on any atom is 0.148 e. The fourth-order valence-electron chi connectivity index (χ4n) is 1.66. The normalized spacial score (nSPS) is 12.1. The Labute approximate surface area is 126 Å². The van der Waals surface area contributed by atoms with E-state index in [1.165, 1.54) is 18.0 Å². The second-order valence-corrected chi connectivity index (χ2v) is 8.81. The fourth-order valence-corrected chi connectivity index (χ4v) is 3.81. The van der Waals surface area contributed by atoms with Crippen LogP contribution < -0.4 is 5.32 Å². The second kappa shape index (κ2) is 8.00. The third-order valence-electron chi connectivity index (χ3n) is 2.66. The van der Waals surface area contributed by atoms with Gasteiger partial charge < -0.3 is 5.32 Å². The Kier molecular flexibility index (Phi) is 6.99. The molecule has 0 spiro atoms. The molecule has 20 heavy (non-hydrogen) atoms. The highest BCUT2D eigenvalue weighted by Gasteiger charge is 2.06. The summed E-state index contributed by atoms with van der Waals surface area (Å²) in [6, 6.07) is 2.11. The van der Waals surface area contributed by atoms with Crippen LogP contribution in [0.3, 0.4) is 0 Å². The molecule has 4 nitrogen and oxygen atoms in total. The summed E-state index contributed by atoms with van der Waals surface area (Å²) < 4.78 is 22.2. The summed E-state index contributed by atoms with van der Waals surface area (Å²) in [5.41, 5.74) is 2.27. The van der Waals surface area contributed by atoms with Crippen molar-refractivity contribution in [2.24, 2.45) is 5.92 Å². The lowest BCUT2D eigenvalue weighted by atomic mass is 10.2. The van der Waals surface area contributed by atoms with Gasteiger partial charge in [-0.1, -0.05) is 19.9 Å². The summed E-state index contributed by atoms with van der Waals surface area (Å²) in [5.74, 6) is 1.38. The van der Waals surface area contributed by atoms with Gasteiger partial charge in [0, 0.05) is 24.8 Å². The zero-order valence-corrected chi connectivity index (χ0v) is 14.3. The summed E-state index contributed by atoms with van der Waals surface area (Å²) in [6.45, 7) is 8.18. The van der Waals surface area contributed by atoms with E-state index in [9.17, 15) is 8.42 Å². The third kappa shape index (κ3) is 7.26. The van der Waals surface area contributed by atoms with E-state index in [-0.39, 0.29) is 5.75 Å². The Balaban J connectivity index is 2.51. The van der Waals surface area contributed by atoms with Gasteiger partial charge in [0.05, 0.1) is 10.8 Å². The van der Waals surface area contributed by atoms with Gasteiger partial charge in [-0.3, -0.25) is 0 Å².